The van der Waals surface area contributed by atoms with E-state index in [-0.39, 0.29) is 18.4 Å². The summed E-state index contributed by atoms with van der Waals surface area (Å²) >= 11 is 0. The Bertz CT molecular complexity index is 667. The number of likely N-dealkylation sites (tertiary alicyclic amines) is 1. The third-order valence-electron chi connectivity index (χ3n) is 3.91. The summed E-state index contributed by atoms with van der Waals surface area (Å²) in [4.78, 5) is 25.9. The first-order valence-electron chi connectivity index (χ1n) is 8.36. The molecule has 1 N–H and O–H groups in total. The van der Waals surface area contributed by atoms with Gasteiger partial charge in [-0.15, -0.1) is 0 Å². The van der Waals surface area contributed by atoms with Gasteiger partial charge in [-0.1, -0.05) is 18.7 Å². The first-order chi connectivity index (χ1) is 11.7. The monoisotopic (exact) mass is 348 g/mol. The minimum Gasteiger partial charge on any atom is -0.444 e. The maximum atomic E-state index is 13.9. The number of hydrogen-bond acceptors (Lipinski definition) is 3. The second-order valence-corrected chi connectivity index (χ2v) is 7.20. The number of alkyl carbamates (subject to hydrolysis) is 1. The molecule has 1 aromatic carbocycles. The molecule has 1 atom stereocenters. The highest BCUT2D eigenvalue weighted by molar-refractivity contribution is 5.79. The predicted molar refractivity (Wildman–Crippen MR) is 94.5 cm³/mol. The molecule has 2 amide bonds. The number of rotatable bonds is 4. The van der Waals surface area contributed by atoms with Crippen LogP contribution in [-0.2, 0) is 16.0 Å². The van der Waals surface area contributed by atoms with Crippen LogP contribution in [0.25, 0.3) is 6.08 Å². The number of carbonyl (C=O) groups excluding carboxylic acids is 2. The molecule has 1 aliphatic heterocycles. The quantitative estimate of drug-likeness (QED) is 0.909. The molecule has 0 radical (unpaired) electrons. The summed E-state index contributed by atoms with van der Waals surface area (Å²) in [5, 5.41) is 2.77. The molecule has 1 saturated heterocycles. The van der Waals surface area contributed by atoms with Crippen LogP contribution in [0.15, 0.2) is 24.8 Å². The van der Waals surface area contributed by atoms with Crippen molar-refractivity contribution in [2.45, 2.75) is 45.3 Å². The Hall–Kier alpha value is -2.37. The Morgan fingerprint density at radius 1 is 1.44 bits per heavy atom. The fraction of sp³-hybridized carbons (Fsp3) is 0.474. The van der Waals surface area contributed by atoms with E-state index >= 15 is 0 Å². The van der Waals surface area contributed by atoms with Gasteiger partial charge in [0.05, 0.1) is 12.5 Å². The van der Waals surface area contributed by atoms with Gasteiger partial charge < -0.3 is 15.0 Å². The summed E-state index contributed by atoms with van der Waals surface area (Å²) in [5.74, 6) is -0.560. The summed E-state index contributed by atoms with van der Waals surface area (Å²) in [6.07, 6.45) is 1.77. The summed E-state index contributed by atoms with van der Waals surface area (Å²) in [5.41, 5.74) is 0.562. The van der Waals surface area contributed by atoms with Crippen LogP contribution < -0.4 is 5.32 Å². The molecule has 5 nitrogen and oxygen atoms in total. The van der Waals surface area contributed by atoms with Gasteiger partial charge in [0.25, 0.3) is 0 Å². The zero-order valence-electron chi connectivity index (χ0n) is 15.0. The lowest BCUT2D eigenvalue weighted by atomic mass is 10.1. The second-order valence-electron chi connectivity index (χ2n) is 7.20. The predicted octanol–water partition coefficient (Wildman–Crippen LogP) is 3.14. The highest BCUT2D eigenvalue weighted by atomic mass is 19.1. The van der Waals surface area contributed by atoms with Crippen molar-refractivity contribution in [2.75, 3.05) is 13.1 Å². The molecule has 2 rings (SSSR count). The summed E-state index contributed by atoms with van der Waals surface area (Å²) in [6, 6.07) is 4.44. The Labute approximate surface area is 147 Å². The first-order valence-corrected chi connectivity index (χ1v) is 8.36. The van der Waals surface area contributed by atoms with Crippen molar-refractivity contribution in [3.8, 4) is 0 Å². The van der Waals surface area contributed by atoms with Gasteiger partial charge >= 0.3 is 6.09 Å². The van der Waals surface area contributed by atoms with E-state index in [9.17, 15) is 14.0 Å². The molecule has 1 heterocycles. The van der Waals surface area contributed by atoms with Gasteiger partial charge in [0.1, 0.15) is 11.4 Å². The van der Waals surface area contributed by atoms with Gasteiger partial charge in [-0.2, -0.15) is 0 Å². The molecule has 25 heavy (non-hydrogen) atoms. The van der Waals surface area contributed by atoms with Crippen LogP contribution in [0.3, 0.4) is 0 Å². The van der Waals surface area contributed by atoms with E-state index in [4.69, 9.17) is 4.74 Å². The number of carbonyl (C=O) groups is 2. The molecule has 0 saturated carbocycles. The standard InChI is InChI=1S/C19H25FN2O3/c1-5-13-6-7-16(20)14(10-13)11-17(23)22-9-8-15(12-22)21-18(24)25-19(2,3)4/h5-7,10,15H,1,8-9,11-12H2,2-4H3,(H,21,24). The minimum atomic E-state index is -0.564. The van der Waals surface area contributed by atoms with Crippen molar-refractivity contribution in [1.82, 2.24) is 10.2 Å². The third-order valence-corrected chi connectivity index (χ3v) is 3.91. The van der Waals surface area contributed by atoms with Crippen molar-refractivity contribution in [2.24, 2.45) is 0 Å². The maximum absolute atomic E-state index is 13.9. The zero-order chi connectivity index (χ0) is 18.6. The van der Waals surface area contributed by atoms with Gasteiger partial charge in [0, 0.05) is 13.1 Å². The van der Waals surface area contributed by atoms with Crippen LogP contribution in [0, 0.1) is 5.82 Å². The lowest BCUT2D eigenvalue weighted by Gasteiger charge is -2.22. The largest absolute Gasteiger partial charge is 0.444 e. The SMILES string of the molecule is C=Cc1ccc(F)c(CC(=O)N2CCC(NC(=O)OC(C)(C)C)C2)c1. The fourth-order valence-corrected chi connectivity index (χ4v) is 2.71. The van der Waals surface area contributed by atoms with Crippen LogP contribution in [0.2, 0.25) is 0 Å². The van der Waals surface area contributed by atoms with Crippen LogP contribution in [-0.4, -0.2) is 41.6 Å². The Balaban J connectivity index is 1.90. The topological polar surface area (TPSA) is 58.6 Å². The normalized spacial score (nSPS) is 17.3. The molecule has 1 fully saturated rings. The molecular weight excluding hydrogens is 323 g/mol. The van der Waals surface area contributed by atoms with E-state index < -0.39 is 17.5 Å². The number of hydrogen-bond donors (Lipinski definition) is 1. The summed E-state index contributed by atoms with van der Waals surface area (Å²) < 4.78 is 19.1. The highest BCUT2D eigenvalue weighted by Gasteiger charge is 2.29. The molecule has 1 unspecified atom stereocenters. The molecule has 0 aromatic heterocycles. The van der Waals surface area contributed by atoms with Crippen molar-refractivity contribution >= 4 is 18.1 Å². The average molecular weight is 348 g/mol. The number of nitrogens with one attached hydrogen (secondary N) is 1. The number of amides is 2. The van der Waals surface area contributed by atoms with Crippen LogP contribution in [0.1, 0.15) is 38.3 Å². The van der Waals surface area contributed by atoms with Crippen molar-refractivity contribution in [3.63, 3.8) is 0 Å². The number of halogens is 1. The van der Waals surface area contributed by atoms with Crippen molar-refractivity contribution in [3.05, 3.63) is 41.7 Å². The minimum absolute atomic E-state index is 0.00727. The number of nitrogens with zero attached hydrogens (tertiary/aromatic N) is 1. The molecule has 1 aromatic rings. The zero-order valence-corrected chi connectivity index (χ0v) is 15.0. The third kappa shape index (κ3) is 5.59. The van der Waals surface area contributed by atoms with Crippen LogP contribution in [0.5, 0.6) is 0 Å². The second kappa shape index (κ2) is 7.68. The number of ether oxygens (including phenoxy) is 1. The molecule has 136 valence electrons. The van der Waals surface area contributed by atoms with Crippen LogP contribution in [0.4, 0.5) is 9.18 Å². The van der Waals surface area contributed by atoms with Crippen molar-refractivity contribution < 1.29 is 18.7 Å². The van der Waals surface area contributed by atoms with E-state index in [0.717, 1.165) is 5.56 Å². The molecule has 0 aliphatic carbocycles. The molecule has 0 bridgehead atoms. The summed E-state index contributed by atoms with van der Waals surface area (Å²) in [6.45, 7) is 9.97. The molecular formula is C19H25FN2O3. The average Bonchev–Trinajstić information content (AvgIpc) is 2.96. The highest BCUT2D eigenvalue weighted by Crippen LogP contribution is 2.16. The van der Waals surface area contributed by atoms with Gasteiger partial charge in [0.15, 0.2) is 0 Å². The molecule has 6 heteroatoms. The van der Waals surface area contributed by atoms with Gasteiger partial charge in [-0.3, -0.25) is 4.79 Å². The first kappa shape index (κ1) is 19.0. The van der Waals surface area contributed by atoms with E-state index in [1.165, 1.54) is 6.07 Å². The van der Waals surface area contributed by atoms with E-state index in [2.05, 4.69) is 11.9 Å². The fourth-order valence-electron chi connectivity index (χ4n) is 2.71. The smallest absolute Gasteiger partial charge is 0.407 e. The number of benzene rings is 1. The van der Waals surface area contributed by atoms with Gasteiger partial charge in [-0.25, -0.2) is 9.18 Å². The lowest BCUT2D eigenvalue weighted by Crippen LogP contribution is -2.41. The van der Waals surface area contributed by atoms with Crippen molar-refractivity contribution in [1.29, 1.82) is 0 Å². The maximum Gasteiger partial charge on any atom is 0.407 e. The lowest BCUT2D eigenvalue weighted by molar-refractivity contribution is -0.129. The Kier molecular flexibility index (Phi) is 5.82. The van der Waals surface area contributed by atoms with E-state index in [0.29, 0.717) is 25.1 Å². The Morgan fingerprint density at radius 3 is 2.80 bits per heavy atom. The molecule has 0 spiro atoms. The molecule has 1 aliphatic rings. The Morgan fingerprint density at radius 2 is 2.16 bits per heavy atom. The van der Waals surface area contributed by atoms with E-state index in [1.807, 2.05) is 0 Å². The van der Waals surface area contributed by atoms with Gasteiger partial charge in [-0.05, 0) is 50.5 Å². The summed E-state index contributed by atoms with van der Waals surface area (Å²) in [7, 11) is 0. The van der Waals surface area contributed by atoms with Gasteiger partial charge in [0.2, 0.25) is 5.91 Å². The van der Waals surface area contributed by atoms with E-state index in [1.54, 1.807) is 43.9 Å². The van der Waals surface area contributed by atoms with Crippen LogP contribution >= 0.6 is 0 Å².